The van der Waals surface area contributed by atoms with Gasteiger partial charge in [0.2, 0.25) is 0 Å². The number of hydrogen-bond acceptors (Lipinski definition) is 3. The molecule has 2 aromatic carbocycles. The molecule has 0 aromatic heterocycles. The molecule has 23 heavy (non-hydrogen) atoms. The van der Waals surface area contributed by atoms with Crippen molar-refractivity contribution in [3.8, 4) is 5.75 Å². The highest BCUT2D eigenvalue weighted by Crippen LogP contribution is 2.24. The van der Waals surface area contributed by atoms with Gasteiger partial charge in [-0.25, -0.2) is 4.79 Å². The summed E-state index contributed by atoms with van der Waals surface area (Å²) in [6, 6.07) is 14.9. The zero-order valence-electron chi connectivity index (χ0n) is 13.6. The fourth-order valence-corrected chi connectivity index (χ4v) is 2.11. The lowest BCUT2D eigenvalue weighted by Crippen LogP contribution is -2.15. The third kappa shape index (κ3) is 5.61. The van der Waals surface area contributed by atoms with Crippen LogP contribution in [0.4, 0.5) is 0 Å². The minimum absolute atomic E-state index is 0.0933. The van der Waals surface area contributed by atoms with Crippen LogP contribution in [0.25, 0.3) is 0 Å². The van der Waals surface area contributed by atoms with Gasteiger partial charge in [-0.15, -0.1) is 0 Å². The SMILES string of the molecule is CC(C)(C)c1ccc(OCC(=O)OCc2ccc(Cl)cc2)cc1. The van der Waals surface area contributed by atoms with Crippen LogP contribution in [0.15, 0.2) is 48.5 Å². The maximum Gasteiger partial charge on any atom is 0.344 e. The molecule has 2 aromatic rings. The van der Waals surface area contributed by atoms with Crippen LogP contribution in [-0.4, -0.2) is 12.6 Å². The number of benzene rings is 2. The van der Waals surface area contributed by atoms with Crippen molar-refractivity contribution in [2.45, 2.75) is 32.8 Å². The summed E-state index contributed by atoms with van der Waals surface area (Å²) in [6.07, 6.45) is 0. The summed E-state index contributed by atoms with van der Waals surface area (Å²) >= 11 is 5.80. The number of halogens is 1. The van der Waals surface area contributed by atoms with E-state index < -0.39 is 5.97 Å². The zero-order chi connectivity index (χ0) is 16.9. The summed E-state index contributed by atoms with van der Waals surface area (Å²) in [6.45, 7) is 6.55. The average Bonchev–Trinajstić information content (AvgIpc) is 2.52. The lowest BCUT2D eigenvalue weighted by atomic mass is 9.87. The van der Waals surface area contributed by atoms with Crippen molar-refractivity contribution < 1.29 is 14.3 Å². The second-order valence-corrected chi connectivity index (χ2v) is 6.79. The Morgan fingerprint density at radius 1 is 1.00 bits per heavy atom. The van der Waals surface area contributed by atoms with Crippen molar-refractivity contribution in [1.82, 2.24) is 0 Å². The Balaban J connectivity index is 1.79. The fourth-order valence-electron chi connectivity index (χ4n) is 1.98. The first-order chi connectivity index (χ1) is 10.8. The van der Waals surface area contributed by atoms with Crippen LogP contribution in [0, 0.1) is 0 Å². The van der Waals surface area contributed by atoms with Crippen LogP contribution in [0.5, 0.6) is 5.75 Å². The van der Waals surface area contributed by atoms with E-state index in [9.17, 15) is 4.79 Å². The van der Waals surface area contributed by atoms with Crippen LogP contribution >= 0.6 is 11.6 Å². The van der Waals surface area contributed by atoms with Crippen molar-refractivity contribution >= 4 is 17.6 Å². The molecule has 0 bridgehead atoms. The highest BCUT2D eigenvalue weighted by molar-refractivity contribution is 6.30. The molecular weight excluding hydrogens is 312 g/mol. The maximum absolute atomic E-state index is 11.7. The van der Waals surface area contributed by atoms with Gasteiger partial charge in [0, 0.05) is 5.02 Å². The first-order valence-electron chi connectivity index (χ1n) is 7.48. The predicted octanol–water partition coefficient (Wildman–Crippen LogP) is 4.76. The van der Waals surface area contributed by atoms with E-state index in [0.29, 0.717) is 10.8 Å². The van der Waals surface area contributed by atoms with Gasteiger partial charge in [-0.3, -0.25) is 0 Å². The van der Waals surface area contributed by atoms with Crippen LogP contribution in [0.3, 0.4) is 0 Å². The molecule has 0 atom stereocenters. The highest BCUT2D eigenvalue weighted by Gasteiger charge is 2.13. The third-order valence-corrected chi connectivity index (χ3v) is 3.64. The lowest BCUT2D eigenvalue weighted by Gasteiger charge is -2.19. The number of carbonyl (C=O) groups is 1. The molecule has 0 fully saturated rings. The Morgan fingerprint density at radius 2 is 1.61 bits per heavy atom. The monoisotopic (exact) mass is 332 g/mol. The Kier molecular flexibility index (Phi) is 5.67. The summed E-state index contributed by atoms with van der Waals surface area (Å²) in [5.74, 6) is 0.251. The second kappa shape index (κ2) is 7.51. The van der Waals surface area contributed by atoms with Gasteiger partial charge in [0.15, 0.2) is 6.61 Å². The van der Waals surface area contributed by atoms with Crippen LogP contribution in [0.1, 0.15) is 31.9 Å². The van der Waals surface area contributed by atoms with E-state index in [1.165, 1.54) is 5.56 Å². The quantitative estimate of drug-likeness (QED) is 0.740. The van der Waals surface area contributed by atoms with Gasteiger partial charge in [0.05, 0.1) is 0 Å². The Bertz CT molecular complexity index is 640. The van der Waals surface area contributed by atoms with E-state index in [2.05, 4.69) is 20.8 Å². The van der Waals surface area contributed by atoms with Crippen LogP contribution in [0.2, 0.25) is 5.02 Å². The Morgan fingerprint density at radius 3 is 2.17 bits per heavy atom. The summed E-state index contributed by atoms with van der Waals surface area (Å²) in [4.78, 5) is 11.7. The average molecular weight is 333 g/mol. The topological polar surface area (TPSA) is 35.5 Å². The molecule has 0 radical (unpaired) electrons. The van der Waals surface area contributed by atoms with Crippen molar-refractivity contribution in [1.29, 1.82) is 0 Å². The number of ether oxygens (including phenoxy) is 2. The molecule has 0 N–H and O–H groups in total. The standard InChI is InChI=1S/C19H21ClO3/c1-19(2,3)15-6-10-17(11-7-15)22-13-18(21)23-12-14-4-8-16(20)9-5-14/h4-11H,12-13H2,1-3H3. The van der Waals surface area contributed by atoms with Gasteiger partial charge < -0.3 is 9.47 Å². The number of rotatable bonds is 5. The Hall–Kier alpha value is -2.00. The number of esters is 1. The Labute approximate surface area is 142 Å². The van der Waals surface area contributed by atoms with Gasteiger partial charge in [0.1, 0.15) is 12.4 Å². The number of hydrogen-bond donors (Lipinski definition) is 0. The van der Waals surface area contributed by atoms with Crippen molar-refractivity contribution in [3.05, 3.63) is 64.7 Å². The molecule has 0 aliphatic rings. The van der Waals surface area contributed by atoms with E-state index in [-0.39, 0.29) is 18.6 Å². The van der Waals surface area contributed by atoms with Gasteiger partial charge in [-0.05, 0) is 40.8 Å². The van der Waals surface area contributed by atoms with Crippen molar-refractivity contribution in [2.24, 2.45) is 0 Å². The molecule has 0 aliphatic carbocycles. The van der Waals surface area contributed by atoms with Gasteiger partial charge in [-0.1, -0.05) is 56.6 Å². The molecule has 0 amide bonds. The molecule has 3 nitrogen and oxygen atoms in total. The summed E-state index contributed by atoms with van der Waals surface area (Å²) < 4.78 is 10.6. The molecule has 0 aliphatic heterocycles. The van der Waals surface area contributed by atoms with Crippen LogP contribution in [-0.2, 0) is 21.6 Å². The molecule has 0 heterocycles. The molecule has 2 rings (SSSR count). The largest absolute Gasteiger partial charge is 0.482 e. The van der Waals surface area contributed by atoms with E-state index in [1.54, 1.807) is 12.1 Å². The number of carbonyl (C=O) groups excluding carboxylic acids is 1. The molecule has 0 spiro atoms. The fraction of sp³-hybridized carbons (Fsp3) is 0.316. The van der Waals surface area contributed by atoms with E-state index in [0.717, 1.165) is 5.56 Å². The highest BCUT2D eigenvalue weighted by atomic mass is 35.5. The molecular formula is C19H21ClO3. The predicted molar refractivity (Wildman–Crippen MR) is 91.9 cm³/mol. The first kappa shape index (κ1) is 17.4. The van der Waals surface area contributed by atoms with E-state index in [4.69, 9.17) is 21.1 Å². The minimum atomic E-state index is -0.403. The van der Waals surface area contributed by atoms with E-state index in [1.807, 2.05) is 36.4 Å². The molecule has 0 saturated carbocycles. The van der Waals surface area contributed by atoms with Crippen molar-refractivity contribution in [2.75, 3.05) is 6.61 Å². The normalized spacial score (nSPS) is 11.1. The second-order valence-electron chi connectivity index (χ2n) is 6.35. The van der Waals surface area contributed by atoms with Crippen molar-refractivity contribution in [3.63, 3.8) is 0 Å². The summed E-state index contributed by atoms with van der Waals surface area (Å²) in [7, 11) is 0. The van der Waals surface area contributed by atoms with E-state index >= 15 is 0 Å². The molecule has 0 saturated heterocycles. The summed E-state index contributed by atoms with van der Waals surface area (Å²) in [5, 5.41) is 0.655. The third-order valence-electron chi connectivity index (χ3n) is 3.39. The zero-order valence-corrected chi connectivity index (χ0v) is 14.4. The first-order valence-corrected chi connectivity index (χ1v) is 7.86. The van der Waals surface area contributed by atoms with Gasteiger partial charge in [-0.2, -0.15) is 0 Å². The van der Waals surface area contributed by atoms with Gasteiger partial charge >= 0.3 is 5.97 Å². The summed E-state index contributed by atoms with van der Waals surface area (Å²) in [5.41, 5.74) is 2.20. The molecule has 0 unspecified atom stereocenters. The molecule has 4 heteroatoms. The smallest absolute Gasteiger partial charge is 0.344 e. The maximum atomic E-state index is 11.7. The van der Waals surface area contributed by atoms with Crippen LogP contribution < -0.4 is 4.74 Å². The van der Waals surface area contributed by atoms with Gasteiger partial charge in [0.25, 0.3) is 0 Å². The molecule has 122 valence electrons. The lowest BCUT2D eigenvalue weighted by molar-refractivity contribution is -0.147. The minimum Gasteiger partial charge on any atom is -0.482 e.